The Morgan fingerprint density at radius 3 is 2.65 bits per heavy atom. The smallest absolute Gasteiger partial charge is 0.129 e. The second-order valence-corrected chi connectivity index (χ2v) is 4.07. The van der Waals surface area contributed by atoms with E-state index in [1.807, 2.05) is 19.1 Å². The lowest BCUT2D eigenvalue weighted by molar-refractivity contribution is 0.172. The van der Waals surface area contributed by atoms with Gasteiger partial charge in [0, 0.05) is 23.9 Å². The van der Waals surface area contributed by atoms with E-state index in [1.54, 1.807) is 24.4 Å². The van der Waals surface area contributed by atoms with Crippen molar-refractivity contribution < 1.29 is 9.50 Å². The average Bonchev–Trinajstić information content (AvgIpc) is 2.32. The molecule has 1 unspecified atom stereocenters. The number of nitrogens with zero attached hydrogens (tertiary/aromatic N) is 1. The molecule has 88 valence electrons. The van der Waals surface area contributed by atoms with E-state index in [0.717, 1.165) is 11.3 Å². The summed E-state index contributed by atoms with van der Waals surface area (Å²) in [6.45, 7) is 1.95. The Morgan fingerprint density at radius 1 is 1.24 bits per heavy atom. The van der Waals surface area contributed by atoms with Crippen LogP contribution in [0, 0.1) is 12.7 Å². The maximum Gasteiger partial charge on any atom is 0.129 e. The van der Waals surface area contributed by atoms with Crippen LogP contribution >= 0.6 is 0 Å². The molecule has 0 radical (unpaired) electrons. The number of benzene rings is 1. The summed E-state index contributed by atoms with van der Waals surface area (Å²) in [7, 11) is 0. The fourth-order valence-electron chi connectivity index (χ4n) is 1.67. The van der Waals surface area contributed by atoms with Crippen molar-refractivity contribution in [3.05, 3.63) is 65.2 Å². The third kappa shape index (κ3) is 2.88. The summed E-state index contributed by atoms with van der Waals surface area (Å²) in [5, 5.41) is 9.94. The van der Waals surface area contributed by atoms with Crippen LogP contribution in [0.5, 0.6) is 0 Å². The summed E-state index contributed by atoms with van der Waals surface area (Å²) in [6.07, 6.45) is 1.20. The first-order valence-corrected chi connectivity index (χ1v) is 5.51. The lowest BCUT2D eigenvalue weighted by atomic mass is 10.0. The van der Waals surface area contributed by atoms with Crippen LogP contribution in [0.2, 0.25) is 0 Å². The number of hydrogen-bond donors (Lipinski definition) is 1. The van der Waals surface area contributed by atoms with Crippen LogP contribution in [0.1, 0.15) is 22.9 Å². The molecule has 1 aromatic heterocycles. The Bertz CT molecular complexity index is 496. The summed E-state index contributed by atoms with van der Waals surface area (Å²) in [5.74, 6) is -0.382. The first kappa shape index (κ1) is 11.7. The first-order valence-electron chi connectivity index (χ1n) is 5.51. The average molecular weight is 231 g/mol. The van der Waals surface area contributed by atoms with Gasteiger partial charge in [0.15, 0.2) is 0 Å². The van der Waals surface area contributed by atoms with Crippen LogP contribution in [0.3, 0.4) is 0 Å². The van der Waals surface area contributed by atoms with Crippen molar-refractivity contribution >= 4 is 0 Å². The highest BCUT2D eigenvalue weighted by Crippen LogP contribution is 2.20. The van der Waals surface area contributed by atoms with Crippen molar-refractivity contribution in [1.82, 2.24) is 4.98 Å². The van der Waals surface area contributed by atoms with E-state index < -0.39 is 6.10 Å². The molecule has 1 N–H and O–H groups in total. The number of rotatable bonds is 3. The molecule has 3 heteroatoms. The Hall–Kier alpha value is -1.74. The predicted octanol–water partition coefficient (Wildman–Crippen LogP) is 2.81. The van der Waals surface area contributed by atoms with Gasteiger partial charge in [-0.15, -0.1) is 0 Å². The molecule has 0 saturated heterocycles. The minimum atomic E-state index is -0.855. The van der Waals surface area contributed by atoms with E-state index in [2.05, 4.69) is 4.98 Å². The zero-order chi connectivity index (χ0) is 12.3. The van der Waals surface area contributed by atoms with E-state index in [9.17, 15) is 9.50 Å². The first-order chi connectivity index (χ1) is 8.16. The molecule has 0 spiro atoms. The summed E-state index contributed by atoms with van der Waals surface area (Å²) in [5.41, 5.74) is 2.13. The number of aromatic nitrogens is 1. The number of pyridine rings is 1. The van der Waals surface area contributed by atoms with E-state index in [1.165, 1.54) is 6.07 Å². The van der Waals surface area contributed by atoms with Gasteiger partial charge in [0.1, 0.15) is 5.82 Å². The number of halogens is 1. The minimum Gasteiger partial charge on any atom is -0.388 e. The molecule has 0 aliphatic heterocycles. The zero-order valence-electron chi connectivity index (χ0n) is 9.60. The second kappa shape index (κ2) is 5.06. The normalized spacial score (nSPS) is 12.4. The topological polar surface area (TPSA) is 33.1 Å². The Morgan fingerprint density at radius 2 is 2.00 bits per heavy atom. The SMILES string of the molecule is Cc1ccc(CC(O)c2ccccc2F)nc1. The largest absolute Gasteiger partial charge is 0.388 e. The van der Waals surface area contributed by atoms with Crippen LogP contribution < -0.4 is 0 Å². The number of hydrogen-bond acceptors (Lipinski definition) is 2. The standard InChI is InChI=1S/C14H14FNO/c1-10-6-7-11(16-9-10)8-14(17)12-4-2-3-5-13(12)15/h2-7,9,14,17H,8H2,1H3. The zero-order valence-corrected chi connectivity index (χ0v) is 9.60. The molecule has 0 fully saturated rings. The van der Waals surface area contributed by atoms with Crippen LogP contribution in [-0.2, 0) is 6.42 Å². The lowest BCUT2D eigenvalue weighted by Crippen LogP contribution is -2.05. The molecule has 1 heterocycles. The van der Waals surface area contributed by atoms with Gasteiger partial charge >= 0.3 is 0 Å². The van der Waals surface area contributed by atoms with E-state index in [0.29, 0.717) is 12.0 Å². The predicted molar refractivity (Wildman–Crippen MR) is 64.0 cm³/mol. The van der Waals surface area contributed by atoms with Crippen molar-refractivity contribution in [3.8, 4) is 0 Å². The molecule has 0 saturated carbocycles. The van der Waals surface area contributed by atoms with Crippen molar-refractivity contribution in [2.75, 3.05) is 0 Å². The highest BCUT2D eigenvalue weighted by atomic mass is 19.1. The van der Waals surface area contributed by atoms with Gasteiger partial charge in [-0.1, -0.05) is 24.3 Å². The molecule has 1 aromatic carbocycles. The van der Waals surface area contributed by atoms with Crippen molar-refractivity contribution in [2.45, 2.75) is 19.4 Å². The van der Waals surface area contributed by atoms with Gasteiger partial charge in [0.05, 0.1) is 6.10 Å². The van der Waals surface area contributed by atoms with Crippen molar-refractivity contribution in [3.63, 3.8) is 0 Å². The highest BCUT2D eigenvalue weighted by Gasteiger charge is 2.13. The van der Waals surface area contributed by atoms with E-state index >= 15 is 0 Å². The molecule has 0 aliphatic rings. The monoisotopic (exact) mass is 231 g/mol. The highest BCUT2D eigenvalue weighted by molar-refractivity contribution is 5.22. The summed E-state index contributed by atoms with van der Waals surface area (Å²) in [6, 6.07) is 10.0. The molecular weight excluding hydrogens is 217 g/mol. The lowest BCUT2D eigenvalue weighted by Gasteiger charge is -2.11. The second-order valence-electron chi connectivity index (χ2n) is 4.07. The molecule has 2 aromatic rings. The summed E-state index contributed by atoms with van der Waals surface area (Å²) in [4.78, 5) is 4.19. The van der Waals surface area contributed by atoms with Gasteiger partial charge in [0.2, 0.25) is 0 Å². The fraction of sp³-hybridized carbons (Fsp3) is 0.214. The van der Waals surface area contributed by atoms with Gasteiger partial charge in [0.25, 0.3) is 0 Å². The third-order valence-electron chi connectivity index (χ3n) is 2.64. The Labute approximate surface area is 99.8 Å². The molecule has 2 nitrogen and oxygen atoms in total. The van der Waals surface area contributed by atoms with E-state index in [4.69, 9.17) is 0 Å². The van der Waals surface area contributed by atoms with Crippen molar-refractivity contribution in [2.24, 2.45) is 0 Å². The fourth-order valence-corrected chi connectivity index (χ4v) is 1.67. The third-order valence-corrected chi connectivity index (χ3v) is 2.64. The Balaban J connectivity index is 2.14. The molecule has 17 heavy (non-hydrogen) atoms. The number of aryl methyl sites for hydroxylation is 1. The number of aliphatic hydroxyl groups excluding tert-OH is 1. The molecular formula is C14H14FNO. The summed E-state index contributed by atoms with van der Waals surface area (Å²) < 4.78 is 13.4. The minimum absolute atomic E-state index is 0.315. The Kier molecular flexibility index (Phi) is 3.49. The molecule has 2 rings (SSSR count). The molecule has 0 aliphatic carbocycles. The van der Waals surface area contributed by atoms with E-state index in [-0.39, 0.29) is 5.82 Å². The van der Waals surface area contributed by atoms with Crippen molar-refractivity contribution in [1.29, 1.82) is 0 Å². The van der Waals surface area contributed by atoms with Gasteiger partial charge in [-0.3, -0.25) is 4.98 Å². The van der Waals surface area contributed by atoms with Gasteiger partial charge in [-0.25, -0.2) is 4.39 Å². The van der Waals surface area contributed by atoms with Gasteiger partial charge in [-0.2, -0.15) is 0 Å². The number of aliphatic hydroxyl groups is 1. The quantitative estimate of drug-likeness (QED) is 0.881. The maximum atomic E-state index is 13.4. The van der Waals surface area contributed by atoms with Crippen LogP contribution in [-0.4, -0.2) is 10.1 Å². The van der Waals surface area contributed by atoms with Crippen LogP contribution in [0.4, 0.5) is 4.39 Å². The summed E-state index contributed by atoms with van der Waals surface area (Å²) >= 11 is 0. The molecule has 0 amide bonds. The van der Waals surface area contributed by atoms with Crippen LogP contribution in [0.15, 0.2) is 42.6 Å². The van der Waals surface area contributed by atoms with Crippen LogP contribution in [0.25, 0.3) is 0 Å². The molecule has 0 bridgehead atoms. The maximum absolute atomic E-state index is 13.4. The van der Waals surface area contributed by atoms with Gasteiger partial charge < -0.3 is 5.11 Å². The molecule has 1 atom stereocenters. The van der Waals surface area contributed by atoms with Gasteiger partial charge in [-0.05, 0) is 24.6 Å².